The molecule has 0 aliphatic carbocycles. The Labute approximate surface area is 87.4 Å². The average Bonchev–Trinajstić information content (AvgIpc) is 2.15. The molecule has 0 bridgehead atoms. The average molecular weight is 209 g/mol. The van der Waals surface area contributed by atoms with E-state index in [-0.39, 0.29) is 12.0 Å². The van der Waals surface area contributed by atoms with E-state index in [0.29, 0.717) is 5.56 Å². The summed E-state index contributed by atoms with van der Waals surface area (Å²) in [6.45, 7) is 1.69. The van der Waals surface area contributed by atoms with Crippen molar-refractivity contribution in [3.8, 4) is 6.07 Å². The van der Waals surface area contributed by atoms with Crippen LogP contribution in [0.5, 0.6) is 0 Å². The van der Waals surface area contributed by atoms with Crippen LogP contribution in [0.3, 0.4) is 0 Å². The van der Waals surface area contributed by atoms with E-state index in [2.05, 4.69) is 0 Å². The predicted octanol–water partition coefficient (Wildman–Crippen LogP) is 1.44. The van der Waals surface area contributed by atoms with Gasteiger partial charge in [-0.1, -0.05) is 6.07 Å². The number of rotatable bonds is 3. The van der Waals surface area contributed by atoms with E-state index in [1.54, 1.807) is 19.1 Å². The minimum Gasteiger partial charge on any atom is -0.389 e. The van der Waals surface area contributed by atoms with Gasteiger partial charge in [0.05, 0.1) is 18.6 Å². The van der Waals surface area contributed by atoms with Crippen molar-refractivity contribution in [2.45, 2.75) is 25.6 Å². The standard InChI is InChI=1S/C11H12FNO2/c1-7-4-8(6-9(12)5-7)11(15)10(14)2-3-13/h4-6,10-11,14-15H,2H2,1H3. The molecule has 0 saturated carbocycles. The lowest BCUT2D eigenvalue weighted by Gasteiger charge is -2.16. The molecule has 4 heteroatoms. The summed E-state index contributed by atoms with van der Waals surface area (Å²) in [7, 11) is 0. The second-order valence-electron chi connectivity index (χ2n) is 3.44. The maximum Gasteiger partial charge on any atom is 0.123 e. The summed E-state index contributed by atoms with van der Waals surface area (Å²) in [6, 6.07) is 5.80. The van der Waals surface area contributed by atoms with Crippen LogP contribution in [0, 0.1) is 24.1 Å². The van der Waals surface area contributed by atoms with Gasteiger partial charge in [0, 0.05) is 0 Å². The molecule has 3 nitrogen and oxygen atoms in total. The minimum absolute atomic E-state index is 0.184. The topological polar surface area (TPSA) is 64.2 Å². The molecule has 0 aliphatic heterocycles. The largest absolute Gasteiger partial charge is 0.389 e. The molecule has 0 aromatic heterocycles. The fourth-order valence-electron chi connectivity index (χ4n) is 1.36. The van der Waals surface area contributed by atoms with E-state index < -0.39 is 18.0 Å². The Morgan fingerprint density at radius 2 is 2.07 bits per heavy atom. The van der Waals surface area contributed by atoms with Crippen molar-refractivity contribution < 1.29 is 14.6 Å². The van der Waals surface area contributed by atoms with Crippen LogP contribution in [0.2, 0.25) is 0 Å². The minimum atomic E-state index is -1.22. The summed E-state index contributed by atoms with van der Waals surface area (Å²) in [4.78, 5) is 0. The number of aliphatic hydroxyl groups is 2. The second-order valence-corrected chi connectivity index (χ2v) is 3.44. The molecule has 1 rings (SSSR count). The number of benzene rings is 1. The van der Waals surface area contributed by atoms with E-state index in [0.717, 1.165) is 6.07 Å². The van der Waals surface area contributed by atoms with Gasteiger partial charge in [-0.25, -0.2) is 4.39 Å². The molecule has 2 atom stereocenters. The van der Waals surface area contributed by atoms with Gasteiger partial charge in [0.15, 0.2) is 0 Å². The summed E-state index contributed by atoms with van der Waals surface area (Å²) < 4.78 is 13.0. The third-order valence-corrected chi connectivity index (χ3v) is 2.07. The Morgan fingerprint density at radius 1 is 1.40 bits per heavy atom. The van der Waals surface area contributed by atoms with Gasteiger partial charge in [-0.3, -0.25) is 0 Å². The summed E-state index contributed by atoms with van der Waals surface area (Å²) in [6.07, 6.45) is -2.59. The fourth-order valence-corrected chi connectivity index (χ4v) is 1.36. The SMILES string of the molecule is Cc1cc(F)cc(C(O)C(O)CC#N)c1. The highest BCUT2D eigenvalue weighted by Gasteiger charge is 2.18. The molecule has 2 N–H and O–H groups in total. The first-order chi connectivity index (χ1) is 7.04. The van der Waals surface area contributed by atoms with Crippen LogP contribution in [-0.4, -0.2) is 16.3 Å². The van der Waals surface area contributed by atoms with Crippen molar-refractivity contribution in [2.75, 3.05) is 0 Å². The summed E-state index contributed by atoms with van der Waals surface area (Å²) >= 11 is 0. The maximum absolute atomic E-state index is 13.0. The van der Waals surface area contributed by atoms with Crippen LogP contribution in [-0.2, 0) is 0 Å². The Morgan fingerprint density at radius 3 is 2.60 bits per heavy atom. The van der Waals surface area contributed by atoms with E-state index in [4.69, 9.17) is 5.26 Å². The molecule has 0 saturated heterocycles. The zero-order chi connectivity index (χ0) is 11.4. The molecule has 15 heavy (non-hydrogen) atoms. The summed E-state index contributed by atoms with van der Waals surface area (Å²) in [5, 5.41) is 27.3. The van der Waals surface area contributed by atoms with Crippen LogP contribution in [0.15, 0.2) is 18.2 Å². The monoisotopic (exact) mass is 209 g/mol. The Hall–Kier alpha value is -1.44. The smallest absolute Gasteiger partial charge is 0.123 e. The maximum atomic E-state index is 13.0. The number of nitrogens with zero attached hydrogens (tertiary/aromatic N) is 1. The van der Waals surface area contributed by atoms with Crippen LogP contribution in [0.25, 0.3) is 0 Å². The van der Waals surface area contributed by atoms with Crippen molar-refractivity contribution >= 4 is 0 Å². The zero-order valence-electron chi connectivity index (χ0n) is 8.31. The zero-order valence-corrected chi connectivity index (χ0v) is 8.31. The molecule has 80 valence electrons. The van der Waals surface area contributed by atoms with E-state index in [9.17, 15) is 14.6 Å². The number of hydrogen-bond donors (Lipinski definition) is 2. The van der Waals surface area contributed by atoms with Crippen LogP contribution in [0.4, 0.5) is 4.39 Å². The van der Waals surface area contributed by atoms with Gasteiger partial charge in [0.1, 0.15) is 11.9 Å². The van der Waals surface area contributed by atoms with E-state index in [1.807, 2.05) is 0 Å². The first-order valence-corrected chi connectivity index (χ1v) is 4.54. The van der Waals surface area contributed by atoms with Gasteiger partial charge in [-0.15, -0.1) is 0 Å². The van der Waals surface area contributed by atoms with Crippen molar-refractivity contribution in [1.29, 1.82) is 5.26 Å². The molecule has 0 spiro atoms. The lowest BCUT2D eigenvalue weighted by molar-refractivity contribution is 0.0214. The van der Waals surface area contributed by atoms with Gasteiger partial charge < -0.3 is 10.2 Å². The lowest BCUT2D eigenvalue weighted by Crippen LogP contribution is -2.17. The van der Waals surface area contributed by atoms with Gasteiger partial charge in [-0.05, 0) is 30.2 Å². The van der Waals surface area contributed by atoms with Gasteiger partial charge in [0.25, 0.3) is 0 Å². The third-order valence-electron chi connectivity index (χ3n) is 2.07. The number of aliphatic hydroxyl groups excluding tert-OH is 2. The molecule has 0 radical (unpaired) electrons. The normalized spacial score (nSPS) is 14.3. The number of halogens is 1. The van der Waals surface area contributed by atoms with Gasteiger partial charge in [0.2, 0.25) is 0 Å². The van der Waals surface area contributed by atoms with Crippen molar-refractivity contribution in [1.82, 2.24) is 0 Å². The molecular formula is C11H12FNO2. The Balaban J connectivity index is 2.91. The molecule has 0 heterocycles. The molecule has 1 aromatic carbocycles. The molecule has 2 unspecified atom stereocenters. The highest BCUT2D eigenvalue weighted by molar-refractivity contribution is 5.26. The Kier molecular flexibility index (Phi) is 3.78. The molecular weight excluding hydrogens is 197 g/mol. The molecule has 0 fully saturated rings. The van der Waals surface area contributed by atoms with Gasteiger partial charge in [-0.2, -0.15) is 5.26 Å². The summed E-state index contributed by atoms with van der Waals surface area (Å²) in [5.74, 6) is -0.465. The van der Waals surface area contributed by atoms with Crippen molar-refractivity contribution in [2.24, 2.45) is 0 Å². The molecule has 1 aromatic rings. The van der Waals surface area contributed by atoms with Crippen LogP contribution < -0.4 is 0 Å². The fraction of sp³-hybridized carbons (Fsp3) is 0.364. The van der Waals surface area contributed by atoms with Crippen molar-refractivity contribution in [3.63, 3.8) is 0 Å². The third kappa shape index (κ3) is 3.01. The number of hydrogen-bond acceptors (Lipinski definition) is 3. The Bertz CT molecular complexity index is 366. The highest BCUT2D eigenvalue weighted by Crippen LogP contribution is 2.20. The predicted molar refractivity (Wildman–Crippen MR) is 52.3 cm³/mol. The first kappa shape index (κ1) is 11.6. The van der Waals surface area contributed by atoms with Gasteiger partial charge >= 0.3 is 0 Å². The lowest BCUT2D eigenvalue weighted by atomic mass is 10.0. The van der Waals surface area contributed by atoms with E-state index >= 15 is 0 Å². The van der Waals surface area contributed by atoms with Crippen molar-refractivity contribution in [3.05, 3.63) is 35.1 Å². The highest BCUT2D eigenvalue weighted by atomic mass is 19.1. The van der Waals surface area contributed by atoms with E-state index in [1.165, 1.54) is 6.07 Å². The first-order valence-electron chi connectivity index (χ1n) is 4.54. The molecule has 0 amide bonds. The quantitative estimate of drug-likeness (QED) is 0.791. The molecule has 0 aliphatic rings. The number of aryl methyl sites for hydroxylation is 1. The number of nitriles is 1. The van der Waals surface area contributed by atoms with Crippen LogP contribution >= 0.6 is 0 Å². The second kappa shape index (κ2) is 4.87. The van der Waals surface area contributed by atoms with Crippen LogP contribution in [0.1, 0.15) is 23.7 Å². The summed E-state index contributed by atoms with van der Waals surface area (Å²) in [5.41, 5.74) is 0.948.